The summed E-state index contributed by atoms with van der Waals surface area (Å²) in [6, 6.07) is 0. The molecule has 0 saturated carbocycles. The zero-order chi connectivity index (χ0) is 47.2. The largest absolute Gasteiger partial charge is 0.462 e. The Kier molecular flexibility index (Phi) is 51.3. The number of carbonyl (C=O) groups is 3. The standard InChI is InChI=1S/C59H104O6/c1-4-7-10-13-16-19-22-25-28-30-32-34-37-40-43-46-49-52-58(61)64-55-56(54-63-57(60)51-48-45-42-39-36-33-27-24-21-18-15-12-9-6-3)65-59(62)53-50-47-44-41-38-35-31-29-26-23-20-17-14-11-8-5-2/h7,10,16,19,25,28,32,34,40,43,56H,4-6,8-9,11-15,17-18,20-24,26-27,29-31,33,35-39,41-42,44-55H2,1-3H3/b10-7-,19-16-,28-25-,34-32-,43-40-. The highest BCUT2D eigenvalue weighted by Crippen LogP contribution is 2.16. The van der Waals surface area contributed by atoms with Gasteiger partial charge in [-0.2, -0.15) is 0 Å². The van der Waals surface area contributed by atoms with Crippen molar-refractivity contribution in [1.82, 2.24) is 0 Å². The summed E-state index contributed by atoms with van der Waals surface area (Å²) in [5, 5.41) is 0. The Labute approximate surface area is 402 Å². The fourth-order valence-corrected chi connectivity index (χ4v) is 7.89. The lowest BCUT2D eigenvalue weighted by Gasteiger charge is -2.18. The highest BCUT2D eigenvalue weighted by molar-refractivity contribution is 5.71. The summed E-state index contributed by atoms with van der Waals surface area (Å²) < 4.78 is 16.8. The minimum Gasteiger partial charge on any atom is -0.462 e. The van der Waals surface area contributed by atoms with Gasteiger partial charge >= 0.3 is 17.9 Å². The number of allylic oxidation sites excluding steroid dienone is 10. The second kappa shape index (κ2) is 53.7. The summed E-state index contributed by atoms with van der Waals surface area (Å²) >= 11 is 0. The number of hydrogen-bond donors (Lipinski definition) is 0. The highest BCUT2D eigenvalue weighted by Gasteiger charge is 2.19. The molecule has 0 amide bonds. The molecule has 0 aromatic heterocycles. The summed E-state index contributed by atoms with van der Waals surface area (Å²) in [5.41, 5.74) is 0. The minimum atomic E-state index is -0.793. The van der Waals surface area contributed by atoms with Gasteiger partial charge in [-0.15, -0.1) is 0 Å². The summed E-state index contributed by atoms with van der Waals surface area (Å²) in [5.74, 6) is -0.936. The lowest BCUT2D eigenvalue weighted by Crippen LogP contribution is -2.30. The van der Waals surface area contributed by atoms with Gasteiger partial charge in [-0.05, 0) is 57.8 Å². The highest BCUT2D eigenvalue weighted by atomic mass is 16.6. The predicted octanol–water partition coefficient (Wildman–Crippen LogP) is 18.4. The molecule has 6 nitrogen and oxygen atoms in total. The van der Waals surface area contributed by atoms with Gasteiger partial charge in [0, 0.05) is 19.3 Å². The van der Waals surface area contributed by atoms with E-state index in [1.807, 2.05) is 0 Å². The van der Waals surface area contributed by atoms with Gasteiger partial charge in [0.2, 0.25) is 0 Å². The maximum absolute atomic E-state index is 12.8. The third kappa shape index (κ3) is 51.9. The van der Waals surface area contributed by atoms with Gasteiger partial charge in [0.25, 0.3) is 0 Å². The van der Waals surface area contributed by atoms with Crippen molar-refractivity contribution in [1.29, 1.82) is 0 Å². The normalized spacial score (nSPS) is 12.5. The lowest BCUT2D eigenvalue weighted by atomic mass is 10.0. The van der Waals surface area contributed by atoms with E-state index in [2.05, 4.69) is 81.5 Å². The van der Waals surface area contributed by atoms with E-state index in [0.717, 1.165) is 77.0 Å². The molecule has 376 valence electrons. The van der Waals surface area contributed by atoms with Crippen LogP contribution < -0.4 is 0 Å². The molecule has 0 saturated heterocycles. The Bertz CT molecular complexity index is 1180. The van der Waals surface area contributed by atoms with Crippen molar-refractivity contribution in [2.45, 2.75) is 284 Å². The van der Waals surface area contributed by atoms with Gasteiger partial charge < -0.3 is 14.2 Å². The first-order chi connectivity index (χ1) is 32.0. The summed E-state index contributed by atoms with van der Waals surface area (Å²) in [6.07, 6.45) is 66.4. The van der Waals surface area contributed by atoms with Crippen LogP contribution in [0.2, 0.25) is 0 Å². The molecule has 0 heterocycles. The Morgan fingerprint density at radius 1 is 0.323 bits per heavy atom. The molecule has 6 heteroatoms. The van der Waals surface area contributed by atoms with Crippen molar-refractivity contribution in [3.05, 3.63) is 60.8 Å². The molecule has 65 heavy (non-hydrogen) atoms. The monoisotopic (exact) mass is 909 g/mol. The molecule has 1 atom stereocenters. The maximum Gasteiger partial charge on any atom is 0.306 e. The number of unbranched alkanes of at least 4 members (excludes halogenated alkanes) is 29. The fourth-order valence-electron chi connectivity index (χ4n) is 7.89. The van der Waals surface area contributed by atoms with Gasteiger partial charge in [0.05, 0.1) is 0 Å². The Balaban J connectivity index is 4.44. The first kappa shape index (κ1) is 62.1. The van der Waals surface area contributed by atoms with E-state index < -0.39 is 6.10 Å². The average Bonchev–Trinajstić information content (AvgIpc) is 3.30. The van der Waals surface area contributed by atoms with Gasteiger partial charge in [-0.3, -0.25) is 14.4 Å². The minimum absolute atomic E-state index is 0.0878. The van der Waals surface area contributed by atoms with Crippen LogP contribution in [0.5, 0.6) is 0 Å². The van der Waals surface area contributed by atoms with Crippen LogP contribution in [0.15, 0.2) is 60.8 Å². The van der Waals surface area contributed by atoms with Crippen LogP contribution >= 0.6 is 0 Å². The van der Waals surface area contributed by atoms with Crippen LogP contribution in [0.4, 0.5) is 0 Å². The molecule has 0 aromatic carbocycles. The van der Waals surface area contributed by atoms with Gasteiger partial charge in [-0.1, -0.05) is 261 Å². The van der Waals surface area contributed by atoms with Crippen molar-refractivity contribution >= 4 is 17.9 Å². The fraction of sp³-hybridized carbons (Fsp3) is 0.780. The molecule has 0 radical (unpaired) electrons. The van der Waals surface area contributed by atoms with E-state index in [0.29, 0.717) is 19.3 Å². The van der Waals surface area contributed by atoms with E-state index in [9.17, 15) is 14.4 Å². The summed E-state index contributed by atoms with van der Waals surface area (Å²) in [6.45, 7) is 6.51. The number of carbonyl (C=O) groups excluding carboxylic acids is 3. The quantitative estimate of drug-likeness (QED) is 0.0262. The molecule has 0 aromatic rings. The van der Waals surface area contributed by atoms with Crippen LogP contribution in [-0.4, -0.2) is 37.2 Å². The molecular formula is C59H104O6. The summed E-state index contributed by atoms with van der Waals surface area (Å²) in [7, 11) is 0. The first-order valence-electron chi connectivity index (χ1n) is 27.8. The van der Waals surface area contributed by atoms with Gasteiger partial charge in [-0.25, -0.2) is 0 Å². The molecule has 0 aliphatic rings. The predicted molar refractivity (Wildman–Crippen MR) is 279 cm³/mol. The van der Waals surface area contributed by atoms with E-state index in [4.69, 9.17) is 14.2 Å². The smallest absolute Gasteiger partial charge is 0.306 e. The van der Waals surface area contributed by atoms with Crippen LogP contribution in [0.1, 0.15) is 278 Å². The van der Waals surface area contributed by atoms with Crippen LogP contribution in [0, 0.1) is 0 Å². The molecule has 0 bridgehead atoms. The second-order valence-corrected chi connectivity index (χ2v) is 18.5. The molecule has 0 spiro atoms. The van der Waals surface area contributed by atoms with Gasteiger partial charge in [0.1, 0.15) is 13.2 Å². The number of esters is 3. The zero-order valence-corrected chi connectivity index (χ0v) is 43.0. The van der Waals surface area contributed by atoms with Crippen molar-refractivity contribution < 1.29 is 28.6 Å². The Morgan fingerprint density at radius 2 is 0.600 bits per heavy atom. The molecule has 0 aliphatic carbocycles. The molecule has 0 rings (SSSR count). The average molecular weight is 909 g/mol. The second-order valence-electron chi connectivity index (χ2n) is 18.5. The van der Waals surface area contributed by atoms with Crippen LogP contribution in [0.25, 0.3) is 0 Å². The SMILES string of the molecule is CC/C=C\C/C=C\C/C=C\C/C=C\C/C=C\CCCC(=O)OCC(COC(=O)CCCCCCCCCCCCCCCC)OC(=O)CCCCCCCCCCCCCCCCCC. The van der Waals surface area contributed by atoms with Crippen molar-refractivity contribution in [3.8, 4) is 0 Å². The number of hydrogen-bond acceptors (Lipinski definition) is 6. The van der Waals surface area contributed by atoms with Crippen LogP contribution in [0.3, 0.4) is 0 Å². The van der Waals surface area contributed by atoms with E-state index in [1.54, 1.807) is 0 Å². The molecular weight excluding hydrogens is 805 g/mol. The number of rotatable bonds is 50. The third-order valence-corrected chi connectivity index (χ3v) is 12.0. The van der Waals surface area contributed by atoms with E-state index in [1.165, 1.54) is 154 Å². The Morgan fingerprint density at radius 3 is 0.938 bits per heavy atom. The van der Waals surface area contributed by atoms with E-state index in [-0.39, 0.29) is 37.5 Å². The van der Waals surface area contributed by atoms with E-state index >= 15 is 0 Å². The zero-order valence-electron chi connectivity index (χ0n) is 43.0. The topological polar surface area (TPSA) is 78.9 Å². The van der Waals surface area contributed by atoms with Crippen molar-refractivity contribution in [3.63, 3.8) is 0 Å². The number of ether oxygens (including phenoxy) is 3. The molecule has 1 unspecified atom stereocenters. The van der Waals surface area contributed by atoms with Crippen molar-refractivity contribution in [2.24, 2.45) is 0 Å². The lowest BCUT2D eigenvalue weighted by molar-refractivity contribution is -0.167. The van der Waals surface area contributed by atoms with Gasteiger partial charge in [0.15, 0.2) is 6.10 Å². The molecule has 0 N–H and O–H groups in total. The molecule has 0 aliphatic heterocycles. The Hall–Kier alpha value is -2.89. The van der Waals surface area contributed by atoms with Crippen LogP contribution in [-0.2, 0) is 28.6 Å². The first-order valence-corrected chi connectivity index (χ1v) is 27.8. The third-order valence-electron chi connectivity index (χ3n) is 12.0. The summed E-state index contributed by atoms with van der Waals surface area (Å²) in [4.78, 5) is 38.1. The maximum atomic E-state index is 12.8. The van der Waals surface area contributed by atoms with Crippen molar-refractivity contribution in [2.75, 3.05) is 13.2 Å². The molecule has 0 fully saturated rings.